The number of rotatable bonds is 5. The first-order chi connectivity index (χ1) is 12.7. The van der Waals surface area contributed by atoms with Crippen molar-refractivity contribution in [1.82, 2.24) is 19.8 Å². The third kappa shape index (κ3) is 3.58. The normalized spacial score (nSPS) is 16.3. The van der Waals surface area contributed by atoms with Gasteiger partial charge in [-0.15, -0.1) is 9.94 Å². The van der Waals surface area contributed by atoms with Gasteiger partial charge >= 0.3 is 0 Å². The molecule has 1 saturated heterocycles. The van der Waals surface area contributed by atoms with E-state index in [9.17, 15) is 5.21 Å². The van der Waals surface area contributed by atoms with Crippen molar-refractivity contribution in [3.05, 3.63) is 59.7 Å². The maximum Gasteiger partial charge on any atom is 0.0738 e. The Kier molecular flexibility index (Phi) is 4.89. The van der Waals surface area contributed by atoms with E-state index < -0.39 is 0 Å². The number of hydrogen-bond acceptors (Lipinski definition) is 4. The van der Waals surface area contributed by atoms with Crippen molar-refractivity contribution in [2.45, 2.75) is 38.5 Å². The monoisotopic (exact) mass is 350 g/mol. The van der Waals surface area contributed by atoms with E-state index >= 15 is 0 Å². The average molecular weight is 350 g/mol. The fraction of sp³-hybridized carbons (Fsp3) is 0.429. The largest absolute Gasteiger partial charge is 0.412 e. The van der Waals surface area contributed by atoms with Gasteiger partial charge in [0.15, 0.2) is 0 Å². The fourth-order valence-corrected chi connectivity index (χ4v) is 4.11. The van der Waals surface area contributed by atoms with Crippen LogP contribution in [0.5, 0.6) is 0 Å². The minimum absolute atomic E-state index is 0.487. The Morgan fingerprint density at radius 2 is 2.00 bits per heavy atom. The molecule has 0 spiro atoms. The molecule has 0 radical (unpaired) electrons. The van der Waals surface area contributed by atoms with Crippen LogP contribution in [0, 0.1) is 0 Å². The van der Waals surface area contributed by atoms with E-state index in [1.807, 2.05) is 18.5 Å². The number of aromatic nitrogens is 3. The first-order valence-electron chi connectivity index (χ1n) is 9.55. The van der Waals surface area contributed by atoms with E-state index in [2.05, 4.69) is 40.1 Å². The van der Waals surface area contributed by atoms with Crippen LogP contribution in [0.2, 0.25) is 0 Å². The van der Waals surface area contributed by atoms with Crippen LogP contribution in [-0.4, -0.2) is 44.7 Å². The molecular weight excluding hydrogens is 324 g/mol. The lowest BCUT2D eigenvalue weighted by molar-refractivity contribution is 0.147. The highest BCUT2D eigenvalue weighted by atomic mass is 16.5. The maximum absolute atomic E-state index is 9.94. The lowest BCUT2D eigenvalue weighted by atomic mass is 9.88. The highest BCUT2D eigenvalue weighted by Crippen LogP contribution is 2.31. The molecule has 26 heavy (non-hydrogen) atoms. The Morgan fingerprint density at radius 1 is 1.15 bits per heavy atom. The molecule has 1 aliphatic heterocycles. The predicted octanol–water partition coefficient (Wildman–Crippen LogP) is 3.85. The smallest absolute Gasteiger partial charge is 0.0738 e. The third-order valence-corrected chi connectivity index (χ3v) is 5.45. The van der Waals surface area contributed by atoms with Crippen molar-refractivity contribution in [2.75, 3.05) is 19.6 Å². The van der Waals surface area contributed by atoms with Gasteiger partial charge in [-0.2, -0.15) is 0 Å². The van der Waals surface area contributed by atoms with Crippen LogP contribution in [0.25, 0.3) is 10.8 Å². The Balaban J connectivity index is 1.54. The summed E-state index contributed by atoms with van der Waals surface area (Å²) in [4.78, 5) is 7.74. The molecule has 0 unspecified atom stereocenters. The van der Waals surface area contributed by atoms with Crippen LogP contribution in [0.4, 0.5) is 0 Å². The topological polar surface area (TPSA) is 54.2 Å². The van der Waals surface area contributed by atoms with Gasteiger partial charge in [-0.05, 0) is 67.9 Å². The van der Waals surface area contributed by atoms with Crippen molar-refractivity contribution in [3.63, 3.8) is 0 Å². The Hall–Kier alpha value is -2.40. The molecule has 136 valence electrons. The minimum atomic E-state index is 0.487. The van der Waals surface area contributed by atoms with Gasteiger partial charge in [-0.25, -0.2) is 0 Å². The summed E-state index contributed by atoms with van der Waals surface area (Å²) < 4.78 is 0. The minimum Gasteiger partial charge on any atom is -0.412 e. The first kappa shape index (κ1) is 17.0. The molecule has 1 fully saturated rings. The molecule has 1 aliphatic rings. The molecule has 0 aliphatic carbocycles. The lowest BCUT2D eigenvalue weighted by Gasteiger charge is -2.31. The Bertz CT molecular complexity index is 881. The van der Waals surface area contributed by atoms with E-state index in [4.69, 9.17) is 0 Å². The molecule has 4 rings (SSSR count). The molecule has 3 heterocycles. The number of pyridine rings is 1. The molecule has 1 aromatic carbocycles. The summed E-state index contributed by atoms with van der Waals surface area (Å²) in [6.45, 7) is 5.69. The van der Waals surface area contributed by atoms with Gasteiger partial charge in [0.25, 0.3) is 0 Å². The fourth-order valence-electron chi connectivity index (χ4n) is 4.11. The highest BCUT2D eigenvalue weighted by Gasteiger charge is 2.24. The van der Waals surface area contributed by atoms with E-state index in [1.54, 1.807) is 6.20 Å². The summed E-state index contributed by atoms with van der Waals surface area (Å²) in [5.74, 6) is 0.487. The maximum atomic E-state index is 9.94. The zero-order valence-electron chi connectivity index (χ0n) is 15.3. The third-order valence-electron chi connectivity index (χ3n) is 5.45. The number of likely N-dealkylation sites (tertiary alicyclic amines) is 1. The van der Waals surface area contributed by atoms with Crippen LogP contribution >= 0.6 is 0 Å². The summed E-state index contributed by atoms with van der Waals surface area (Å²) >= 11 is 0. The molecule has 0 atom stereocenters. The Labute approximate surface area is 154 Å². The standard InChI is InChI=1S/C21H26N4O/c1-2-9-24-10-6-18(7-11-24)20-15-25(26)23-21(20)13-16-3-4-17-5-8-22-14-19(17)12-16/h3-5,8,12,14-15,18,26H,2,6-7,9-11,13H2,1H3. The van der Waals surface area contributed by atoms with Gasteiger partial charge in [-0.1, -0.05) is 19.1 Å². The van der Waals surface area contributed by atoms with Crippen molar-refractivity contribution in [1.29, 1.82) is 0 Å². The van der Waals surface area contributed by atoms with Crippen LogP contribution in [0.3, 0.4) is 0 Å². The second-order valence-corrected chi connectivity index (χ2v) is 7.30. The second-order valence-electron chi connectivity index (χ2n) is 7.30. The molecule has 3 aromatic rings. The molecule has 0 bridgehead atoms. The van der Waals surface area contributed by atoms with Crippen molar-refractivity contribution in [2.24, 2.45) is 0 Å². The molecular formula is C21H26N4O. The Morgan fingerprint density at radius 3 is 2.81 bits per heavy atom. The highest BCUT2D eigenvalue weighted by molar-refractivity contribution is 5.82. The SMILES string of the molecule is CCCN1CCC(c2cn(O)nc2Cc2ccc3ccncc3c2)CC1. The van der Waals surface area contributed by atoms with Gasteiger partial charge in [0.05, 0.1) is 11.9 Å². The van der Waals surface area contributed by atoms with Gasteiger partial charge in [-0.3, -0.25) is 4.98 Å². The molecule has 1 N–H and O–H groups in total. The summed E-state index contributed by atoms with van der Waals surface area (Å²) in [5, 5.41) is 16.6. The van der Waals surface area contributed by atoms with E-state index in [0.717, 1.165) is 48.3 Å². The molecule has 0 saturated carbocycles. The average Bonchev–Trinajstić information content (AvgIpc) is 3.03. The van der Waals surface area contributed by atoms with E-state index in [-0.39, 0.29) is 0 Å². The van der Waals surface area contributed by atoms with E-state index in [1.165, 1.54) is 29.5 Å². The van der Waals surface area contributed by atoms with Gasteiger partial charge in [0, 0.05) is 29.8 Å². The summed E-state index contributed by atoms with van der Waals surface area (Å²) in [6.07, 6.45) is 9.75. The first-order valence-corrected chi connectivity index (χ1v) is 9.55. The van der Waals surface area contributed by atoms with Gasteiger partial charge in [0.2, 0.25) is 0 Å². The van der Waals surface area contributed by atoms with Gasteiger partial charge < -0.3 is 10.1 Å². The number of nitrogens with zero attached hydrogens (tertiary/aromatic N) is 4. The van der Waals surface area contributed by atoms with Crippen LogP contribution < -0.4 is 0 Å². The van der Waals surface area contributed by atoms with E-state index in [0.29, 0.717) is 5.92 Å². The molecule has 5 nitrogen and oxygen atoms in total. The zero-order chi connectivity index (χ0) is 17.9. The number of benzene rings is 1. The quantitative estimate of drug-likeness (QED) is 0.710. The number of hydrogen-bond donors (Lipinski definition) is 1. The molecule has 0 amide bonds. The van der Waals surface area contributed by atoms with Crippen molar-refractivity contribution < 1.29 is 5.21 Å². The van der Waals surface area contributed by atoms with Gasteiger partial charge in [0.1, 0.15) is 0 Å². The van der Waals surface area contributed by atoms with Crippen LogP contribution in [0.1, 0.15) is 48.9 Å². The number of piperidine rings is 1. The predicted molar refractivity (Wildman–Crippen MR) is 103 cm³/mol. The summed E-state index contributed by atoms with van der Waals surface area (Å²) in [6, 6.07) is 8.47. The lowest BCUT2D eigenvalue weighted by Crippen LogP contribution is -2.33. The van der Waals surface area contributed by atoms with Crippen molar-refractivity contribution >= 4 is 10.8 Å². The van der Waals surface area contributed by atoms with Crippen LogP contribution in [0.15, 0.2) is 42.9 Å². The number of fused-ring (bicyclic) bond motifs is 1. The summed E-state index contributed by atoms with van der Waals surface area (Å²) in [5.41, 5.74) is 3.40. The summed E-state index contributed by atoms with van der Waals surface area (Å²) in [7, 11) is 0. The zero-order valence-corrected chi connectivity index (χ0v) is 15.3. The molecule has 2 aromatic heterocycles. The van der Waals surface area contributed by atoms with Crippen LogP contribution in [-0.2, 0) is 6.42 Å². The molecule has 5 heteroatoms. The van der Waals surface area contributed by atoms with Crippen molar-refractivity contribution in [3.8, 4) is 0 Å². The second kappa shape index (κ2) is 7.46.